The Hall–Kier alpha value is -2.02. The summed E-state index contributed by atoms with van der Waals surface area (Å²) >= 11 is 0. The maximum Gasteiger partial charge on any atom is 0.129 e. The van der Waals surface area contributed by atoms with Crippen molar-refractivity contribution in [3.63, 3.8) is 0 Å². The lowest BCUT2D eigenvalue weighted by Crippen LogP contribution is -2.49. The summed E-state index contributed by atoms with van der Waals surface area (Å²) in [5.41, 5.74) is 1.04. The highest BCUT2D eigenvalue weighted by atomic mass is 16.5. The number of aliphatic hydroxyl groups is 1. The minimum atomic E-state index is -0.507. The van der Waals surface area contributed by atoms with Crippen LogP contribution in [-0.4, -0.2) is 60.5 Å². The molecule has 24 heavy (non-hydrogen) atoms. The molecule has 1 aliphatic heterocycles. The van der Waals surface area contributed by atoms with Crippen LogP contribution >= 0.6 is 0 Å². The maximum atomic E-state index is 10.1. The number of anilines is 1. The number of benzene rings is 1. The van der Waals surface area contributed by atoms with Crippen molar-refractivity contribution in [1.82, 2.24) is 4.90 Å². The van der Waals surface area contributed by atoms with Gasteiger partial charge in [0.25, 0.3) is 0 Å². The summed E-state index contributed by atoms with van der Waals surface area (Å²) in [5, 5.41) is 19.7. The van der Waals surface area contributed by atoms with E-state index < -0.39 is 6.10 Å². The predicted molar refractivity (Wildman–Crippen MR) is 91.1 cm³/mol. The van der Waals surface area contributed by atoms with Crippen LogP contribution in [0.25, 0.3) is 0 Å². The zero-order chi connectivity index (χ0) is 16.8. The van der Waals surface area contributed by atoms with Crippen LogP contribution in [0.3, 0.4) is 0 Å². The molecule has 6 nitrogen and oxygen atoms in total. The average Bonchev–Trinajstić information content (AvgIpc) is 3.09. The van der Waals surface area contributed by atoms with E-state index >= 15 is 0 Å². The zero-order valence-electron chi connectivity index (χ0n) is 13.7. The van der Waals surface area contributed by atoms with Crippen molar-refractivity contribution in [3.05, 3.63) is 48.4 Å². The van der Waals surface area contributed by atoms with Gasteiger partial charge in [-0.1, -0.05) is 6.07 Å². The van der Waals surface area contributed by atoms with E-state index in [0.29, 0.717) is 25.5 Å². The summed E-state index contributed by atoms with van der Waals surface area (Å²) in [4.78, 5) is 4.48. The Morgan fingerprint density at radius 1 is 1.12 bits per heavy atom. The van der Waals surface area contributed by atoms with E-state index in [-0.39, 0.29) is 0 Å². The molecular weight excluding hydrogens is 308 g/mol. The minimum absolute atomic E-state index is 0.291. The first kappa shape index (κ1) is 16.8. The lowest BCUT2D eigenvalue weighted by Gasteiger charge is -2.36. The predicted octanol–water partition coefficient (Wildman–Crippen LogP) is 1.68. The fourth-order valence-electron chi connectivity index (χ4n) is 2.92. The van der Waals surface area contributed by atoms with Crippen LogP contribution in [0.4, 0.5) is 5.69 Å². The molecule has 1 unspecified atom stereocenters. The van der Waals surface area contributed by atoms with Gasteiger partial charge < -0.3 is 24.3 Å². The van der Waals surface area contributed by atoms with Crippen molar-refractivity contribution in [2.75, 3.05) is 44.2 Å². The van der Waals surface area contributed by atoms with E-state index in [2.05, 4.69) is 9.80 Å². The van der Waals surface area contributed by atoms with Gasteiger partial charge in [-0.25, -0.2) is 0 Å². The van der Waals surface area contributed by atoms with Crippen molar-refractivity contribution in [3.8, 4) is 5.75 Å². The lowest BCUT2D eigenvalue weighted by molar-refractivity contribution is 0.00442. The molecule has 1 fully saturated rings. The number of hydrogen-bond acceptors (Lipinski definition) is 6. The molecule has 0 radical (unpaired) electrons. The molecule has 0 amide bonds. The first-order valence-corrected chi connectivity index (χ1v) is 8.25. The summed E-state index contributed by atoms with van der Waals surface area (Å²) < 4.78 is 10.7. The second-order valence-corrected chi connectivity index (χ2v) is 6.06. The maximum absolute atomic E-state index is 10.1. The standard InChI is InChI=1S/C18H24N2O4/c21-16-4-1-3-15(11-16)20-8-6-19(7-9-20)12-17(22)13-23-14-18-5-2-10-24-18/h1-5,10-11,17,21-22H,6-9,12-14H2. The molecule has 0 saturated carbocycles. The van der Waals surface area contributed by atoms with Gasteiger partial charge >= 0.3 is 0 Å². The van der Waals surface area contributed by atoms with E-state index in [0.717, 1.165) is 37.6 Å². The number of nitrogens with zero attached hydrogens (tertiary/aromatic N) is 2. The molecule has 1 saturated heterocycles. The van der Waals surface area contributed by atoms with E-state index in [4.69, 9.17) is 9.15 Å². The van der Waals surface area contributed by atoms with Gasteiger partial charge in [-0.15, -0.1) is 0 Å². The number of rotatable bonds is 7. The molecule has 2 heterocycles. The number of furan rings is 1. The molecule has 1 aliphatic rings. The number of aromatic hydroxyl groups is 1. The van der Waals surface area contributed by atoms with Crippen LogP contribution in [-0.2, 0) is 11.3 Å². The molecule has 0 aliphatic carbocycles. The molecule has 130 valence electrons. The second kappa shape index (κ2) is 8.19. The fourth-order valence-corrected chi connectivity index (χ4v) is 2.92. The van der Waals surface area contributed by atoms with Crippen molar-refractivity contribution >= 4 is 5.69 Å². The van der Waals surface area contributed by atoms with E-state index in [9.17, 15) is 10.2 Å². The number of phenolic OH excluding ortho intramolecular Hbond substituents is 1. The van der Waals surface area contributed by atoms with Crippen molar-refractivity contribution in [2.45, 2.75) is 12.7 Å². The summed E-state index contributed by atoms with van der Waals surface area (Å²) in [7, 11) is 0. The van der Waals surface area contributed by atoms with E-state index in [1.807, 2.05) is 24.3 Å². The van der Waals surface area contributed by atoms with Gasteiger partial charge in [-0.2, -0.15) is 0 Å². The van der Waals surface area contributed by atoms with Gasteiger partial charge in [0.05, 0.1) is 19.0 Å². The highest BCUT2D eigenvalue weighted by Gasteiger charge is 2.19. The topological polar surface area (TPSA) is 69.3 Å². The molecule has 2 N–H and O–H groups in total. The molecule has 1 aromatic carbocycles. The van der Waals surface area contributed by atoms with Gasteiger partial charge in [0.1, 0.15) is 18.1 Å². The van der Waals surface area contributed by atoms with E-state index in [1.54, 1.807) is 18.4 Å². The fraction of sp³-hybridized carbons (Fsp3) is 0.444. The summed E-state index contributed by atoms with van der Waals surface area (Å²) in [6.45, 7) is 4.80. The van der Waals surface area contributed by atoms with Crippen molar-refractivity contribution < 1.29 is 19.4 Å². The third-order valence-electron chi connectivity index (χ3n) is 4.17. The normalized spacial score (nSPS) is 17.1. The number of β-amino-alcohol motifs (C(OH)–C–C–N with tert-alkyl or cyclic N) is 1. The monoisotopic (exact) mass is 332 g/mol. The van der Waals surface area contributed by atoms with Crippen LogP contribution in [0.1, 0.15) is 5.76 Å². The van der Waals surface area contributed by atoms with Gasteiger partial charge in [0.15, 0.2) is 0 Å². The van der Waals surface area contributed by atoms with Crippen LogP contribution in [0.5, 0.6) is 5.75 Å². The molecule has 3 rings (SSSR count). The lowest BCUT2D eigenvalue weighted by atomic mass is 10.2. The van der Waals surface area contributed by atoms with Crippen LogP contribution in [0.15, 0.2) is 47.1 Å². The molecule has 2 aromatic rings. The third-order valence-corrected chi connectivity index (χ3v) is 4.17. The molecular formula is C18H24N2O4. The molecule has 1 aromatic heterocycles. The molecule has 0 bridgehead atoms. The quantitative estimate of drug-likeness (QED) is 0.804. The minimum Gasteiger partial charge on any atom is -0.508 e. The van der Waals surface area contributed by atoms with Crippen LogP contribution in [0, 0.1) is 0 Å². The summed E-state index contributed by atoms with van der Waals surface area (Å²) in [6, 6.07) is 11.0. The molecule has 0 spiro atoms. The summed E-state index contributed by atoms with van der Waals surface area (Å²) in [5.74, 6) is 1.06. The van der Waals surface area contributed by atoms with Gasteiger partial charge in [-0.3, -0.25) is 4.90 Å². The third kappa shape index (κ3) is 4.74. The molecule has 6 heteroatoms. The Morgan fingerprint density at radius 3 is 2.67 bits per heavy atom. The van der Waals surface area contributed by atoms with Crippen LogP contribution in [0.2, 0.25) is 0 Å². The highest BCUT2D eigenvalue weighted by Crippen LogP contribution is 2.21. The largest absolute Gasteiger partial charge is 0.508 e. The van der Waals surface area contributed by atoms with Crippen LogP contribution < -0.4 is 4.90 Å². The Bertz CT molecular complexity index is 609. The first-order valence-electron chi connectivity index (χ1n) is 8.25. The first-order chi connectivity index (χ1) is 11.7. The number of ether oxygens (including phenoxy) is 1. The SMILES string of the molecule is Oc1cccc(N2CCN(CC(O)COCc3ccco3)CC2)c1. The Labute approximate surface area is 141 Å². The Balaban J connectivity index is 1.37. The van der Waals surface area contributed by atoms with Gasteiger partial charge in [0.2, 0.25) is 0 Å². The average molecular weight is 332 g/mol. The Morgan fingerprint density at radius 2 is 1.96 bits per heavy atom. The number of aliphatic hydroxyl groups excluding tert-OH is 1. The molecule has 1 atom stereocenters. The summed E-state index contributed by atoms with van der Waals surface area (Å²) in [6.07, 6.45) is 1.11. The second-order valence-electron chi connectivity index (χ2n) is 6.06. The number of hydrogen-bond donors (Lipinski definition) is 2. The Kier molecular flexibility index (Phi) is 5.74. The van der Waals surface area contributed by atoms with E-state index in [1.165, 1.54) is 0 Å². The number of phenols is 1. The zero-order valence-corrected chi connectivity index (χ0v) is 13.7. The van der Waals surface area contributed by atoms with Gasteiger partial charge in [0, 0.05) is 44.5 Å². The van der Waals surface area contributed by atoms with Crippen molar-refractivity contribution in [2.24, 2.45) is 0 Å². The highest BCUT2D eigenvalue weighted by molar-refractivity contribution is 5.50. The number of piperazine rings is 1. The van der Waals surface area contributed by atoms with Crippen molar-refractivity contribution in [1.29, 1.82) is 0 Å². The van der Waals surface area contributed by atoms with Gasteiger partial charge in [-0.05, 0) is 24.3 Å². The smallest absolute Gasteiger partial charge is 0.129 e.